The number of ether oxygens (including phenoxy) is 25. The molecule has 7 N–H and O–H groups in total. The van der Waals surface area contributed by atoms with Crippen molar-refractivity contribution in [1.82, 2.24) is 35.6 Å². The van der Waals surface area contributed by atoms with Gasteiger partial charge in [0, 0.05) is 78.8 Å². The molecule has 2 rings (SSSR count). The van der Waals surface area contributed by atoms with Crippen molar-refractivity contribution in [3.8, 4) is 5.75 Å². The molecule has 43 nitrogen and oxygen atoms in total. The van der Waals surface area contributed by atoms with E-state index >= 15 is 0 Å². The fourth-order valence-corrected chi connectivity index (χ4v) is 11.1. The monoisotopic (exact) mass is 1810 g/mol. The number of amides is 2. The number of carboxylic acid groups (broad SMARTS) is 4. The summed E-state index contributed by atoms with van der Waals surface area (Å²) in [6.07, 6.45) is 1.50. The zero-order valence-corrected chi connectivity index (χ0v) is 74.1. The lowest BCUT2D eigenvalue weighted by Gasteiger charge is -2.35. The molecule has 2 amide bonds. The number of hydrogen-bond donors (Lipinski definition) is 7. The van der Waals surface area contributed by atoms with Crippen LogP contribution in [0, 0.1) is 0 Å². The normalized spacial score (nSPS) is 13.9. The van der Waals surface area contributed by atoms with Crippen molar-refractivity contribution in [2.24, 2.45) is 0 Å². The average Bonchev–Trinajstić information content (AvgIpc) is 0.853. The first kappa shape index (κ1) is 115. The number of esters is 1. The summed E-state index contributed by atoms with van der Waals surface area (Å²) < 4.78 is 138. The number of carboxylic acids is 4. The molecular weight excluding hydrogens is 1660 g/mol. The number of carbonyl (C=O) groups is 7. The Balaban J connectivity index is 1.24. The molecule has 43 heteroatoms. The lowest BCUT2D eigenvalue weighted by atomic mass is 10.0. The third-order valence-electron chi connectivity index (χ3n) is 17.5. The Morgan fingerprint density at radius 3 is 0.864 bits per heavy atom. The van der Waals surface area contributed by atoms with Crippen LogP contribution >= 0.6 is 0 Å². The average molecular weight is 1810 g/mol. The third kappa shape index (κ3) is 77.8. The Bertz CT molecular complexity index is 2650. The Labute approximate surface area is 736 Å². The van der Waals surface area contributed by atoms with Gasteiger partial charge in [-0.15, -0.1) is 0 Å². The summed E-state index contributed by atoms with van der Waals surface area (Å²) in [6.45, 7) is 22.7. The third-order valence-corrected chi connectivity index (χ3v) is 17.5. The van der Waals surface area contributed by atoms with Gasteiger partial charge in [-0.05, 0) is 44.0 Å². The minimum atomic E-state index is -1.08. The number of hydrogen-bond acceptors (Lipinski definition) is 37. The van der Waals surface area contributed by atoms with Crippen molar-refractivity contribution in [2.45, 2.75) is 44.7 Å². The largest absolute Gasteiger partial charge is 0.491 e. The molecule has 728 valence electrons. The van der Waals surface area contributed by atoms with Gasteiger partial charge in [-0.2, -0.15) is 0 Å². The molecule has 0 aliphatic carbocycles. The fourth-order valence-electron chi connectivity index (χ4n) is 11.1. The lowest BCUT2D eigenvalue weighted by molar-refractivity contribution is -0.144. The molecule has 125 heavy (non-hydrogen) atoms. The zero-order chi connectivity index (χ0) is 90.2. The van der Waals surface area contributed by atoms with E-state index in [4.69, 9.17) is 118 Å². The maximum absolute atomic E-state index is 12.7. The number of aliphatic carboxylic acids is 4. The van der Waals surface area contributed by atoms with E-state index in [1.165, 1.54) is 6.92 Å². The van der Waals surface area contributed by atoms with Crippen molar-refractivity contribution >= 4 is 41.7 Å². The van der Waals surface area contributed by atoms with E-state index in [2.05, 4.69) is 16.0 Å². The molecule has 0 bridgehead atoms. The van der Waals surface area contributed by atoms with Crippen LogP contribution in [0.1, 0.15) is 31.7 Å². The number of benzene rings is 1. The molecule has 1 aromatic carbocycles. The van der Waals surface area contributed by atoms with E-state index in [1.54, 1.807) is 50.9 Å². The number of nitrogens with one attached hydrogen (secondary N) is 3. The predicted molar refractivity (Wildman–Crippen MR) is 449 cm³/mol. The first-order valence-electron chi connectivity index (χ1n) is 43.3. The van der Waals surface area contributed by atoms with E-state index < -0.39 is 36.0 Å². The summed E-state index contributed by atoms with van der Waals surface area (Å²) in [4.78, 5) is 89.9. The van der Waals surface area contributed by atoms with Crippen molar-refractivity contribution in [3.63, 3.8) is 0 Å². The summed E-state index contributed by atoms with van der Waals surface area (Å²) >= 11 is 0. The Kier molecular flexibility index (Phi) is 80.7. The highest BCUT2D eigenvalue weighted by Crippen LogP contribution is 2.17. The molecule has 0 spiro atoms. The first-order chi connectivity index (χ1) is 61.2. The Hall–Kier alpha value is -5.81. The van der Waals surface area contributed by atoms with E-state index in [9.17, 15) is 54.0 Å². The molecule has 1 aliphatic heterocycles. The molecule has 1 heterocycles. The minimum Gasteiger partial charge on any atom is -0.491 e. The number of likely N-dealkylation sites (N-methyl/N-ethyl adjacent to an activating group) is 1. The second-order valence-corrected chi connectivity index (χ2v) is 27.4. The second kappa shape index (κ2) is 87.5. The van der Waals surface area contributed by atoms with E-state index in [0.29, 0.717) is 329 Å². The van der Waals surface area contributed by atoms with E-state index in [1.807, 2.05) is 0 Å². The summed E-state index contributed by atoms with van der Waals surface area (Å²) in [5.74, 6) is -4.30. The molecule has 0 radical (unpaired) electrons. The summed E-state index contributed by atoms with van der Waals surface area (Å²) in [5.41, 5.74) is 0.726. The zero-order valence-electron chi connectivity index (χ0n) is 74.1. The van der Waals surface area contributed by atoms with Gasteiger partial charge in [0.2, 0.25) is 11.8 Å². The van der Waals surface area contributed by atoms with E-state index in [0.717, 1.165) is 5.56 Å². The van der Waals surface area contributed by atoms with Crippen LogP contribution in [0.5, 0.6) is 5.75 Å². The van der Waals surface area contributed by atoms with Gasteiger partial charge in [-0.3, -0.25) is 53.2 Å². The van der Waals surface area contributed by atoms with Gasteiger partial charge in [0.15, 0.2) is 0 Å². The van der Waals surface area contributed by atoms with Crippen LogP contribution < -0.4 is 20.7 Å². The minimum absolute atomic E-state index is 0.124. The summed E-state index contributed by atoms with van der Waals surface area (Å²) in [5, 5.41) is 47.7. The molecule has 0 aromatic heterocycles. The summed E-state index contributed by atoms with van der Waals surface area (Å²) in [6, 6.07) is 5.64. The molecule has 1 saturated heterocycles. The van der Waals surface area contributed by atoms with Crippen LogP contribution in [-0.4, -0.2) is 503 Å². The van der Waals surface area contributed by atoms with Gasteiger partial charge >= 0.3 is 29.8 Å². The van der Waals surface area contributed by atoms with Crippen molar-refractivity contribution in [2.75, 3.05) is 409 Å². The highest BCUT2D eigenvalue weighted by molar-refractivity contribution is 5.81. The van der Waals surface area contributed by atoms with Crippen LogP contribution in [0.2, 0.25) is 0 Å². The molecular formula is C82H149N7O36. The topological polar surface area (TPSA) is 480 Å². The maximum atomic E-state index is 12.7. The fraction of sp³-hybridized carbons (Fsp3) is 0.841. The van der Waals surface area contributed by atoms with Gasteiger partial charge in [-0.1, -0.05) is 12.1 Å². The SMILES string of the molecule is CNC(CCCNC(=O)CCOCCOCCOCCOCCOCCOCCOCCOCCOCCOCCOCCOCCOc1ccc(CC(C(=O)O)N2CCN(CC(=O)O)CCN(CC(=O)O)CCN(CC(=O)O)CC2)cc1)C(=O)NCCOCCOCCOCCOCCOCCOCCOCCOCCOCCOCCOCCOC(C)=O. The van der Waals surface area contributed by atoms with Crippen molar-refractivity contribution < 1.29 is 172 Å². The van der Waals surface area contributed by atoms with Crippen LogP contribution in [0.3, 0.4) is 0 Å². The smallest absolute Gasteiger partial charge is 0.321 e. The van der Waals surface area contributed by atoms with Gasteiger partial charge in [0.1, 0.15) is 25.0 Å². The van der Waals surface area contributed by atoms with Gasteiger partial charge in [-0.25, -0.2) is 0 Å². The quantitative estimate of drug-likeness (QED) is 0.0287. The highest BCUT2D eigenvalue weighted by Gasteiger charge is 2.29. The van der Waals surface area contributed by atoms with Crippen LogP contribution in [-0.2, 0) is 154 Å². The standard InChI is InChI=1S/C82H149N7O36/c1-72(90)124-66-64-122-62-60-120-58-56-118-54-52-116-50-48-114-46-44-112-41-39-110-37-35-108-33-31-106-29-27-104-25-23-102-21-11-85-81(98)75(83-2)4-3-10-84-77(91)9-20-101-22-24-103-26-28-105-30-32-107-34-36-109-38-40-111-42-43-113-45-47-115-49-51-117-53-55-119-57-59-121-61-63-123-65-67-125-74-7-5-73(6-8-74)68-76(82(99)100)89-18-16-87(70-79(94)95)14-12-86(69-78(92)93)13-15-88(17-19-89)71-80(96)97/h5-8,75-76,83H,3-4,9-71H2,1-2H3,(H,84,91)(H,85,98)(H,92,93)(H,94,95)(H,96,97)(H,99,100). The lowest BCUT2D eigenvalue weighted by Crippen LogP contribution is -2.52. The Morgan fingerprint density at radius 2 is 0.592 bits per heavy atom. The van der Waals surface area contributed by atoms with Gasteiger partial charge in [0.25, 0.3) is 0 Å². The number of carbonyl (C=O) groups excluding carboxylic acids is 3. The van der Waals surface area contributed by atoms with Crippen molar-refractivity contribution in [3.05, 3.63) is 29.8 Å². The van der Waals surface area contributed by atoms with Gasteiger partial charge < -0.3 is 155 Å². The molecule has 1 aromatic rings. The van der Waals surface area contributed by atoms with Crippen molar-refractivity contribution in [1.29, 1.82) is 0 Å². The van der Waals surface area contributed by atoms with Crippen LogP contribution in [0.15, 0.2) is 24.3 Å². The van der Waals surface area contributed by atoms with Crippen LogP contribution in [0.4, 0.5) is 0 Å². The Morgan fingerprint density at radius 1 is 0.328 bits per heavy atom. The molecule has 0 saturated carbocycles. The molecule has 2 atom stereocenters. The molecule has 1 aliphatic rings. The van der Waals surface area contributed by atoms with Gasteiger partial charge in [0.05, 0.1) is 330 Å². The first-order valence-corrected chi connectivity index (χ1v) is 43.3. The maximum Gasteiger partial charge on any atom is 0.321 e. The number of rotatable bonds is 92. The predicted octanol–water partition coefficient (Wildman–Crippen LogP) is -1.53. The number of nitrogens with zero attached hydrogens (tertiary/aromatic N) is 4. The second-order valence-electron chi connectivity index (χ2n) is 27.4. The molecule has 2 unspecified atom stereocenters. The summed E-state index contributed by atoms with van der Waals surface area (Å²) in [7, 11) is 1.72. The highest BCUT2D eigenvalue weighted by atomic mass is 16.6. The van der Waals surface area contributed by atoms with Crippen LogP contribution in [0.25, 0.3) is 0 Å². The molecule has 1 fully saturated rings. The van der Waals surface area contributed by atoms with E-state index in [-0.39, 0.29) is 122 Å².